The molecule has 2 unspecified atom stereocenters. The van der Waals surface area contributed by atoms with Gasteiger partial charge in [-0.1, -0.05) is 65.2 Å². The second-order valence-corrected chi connectivity index (χ2v) is 8.35. The summed E-state index contributed by atoms with van der Waals surface area (Å²) in [7, 11) is 0. The summed E-state index contributed by atoms with van der Waals surface area (Å²) in [5.41, 5.74) is 0. The third kappa shape index (κ3) is 9.94. The minimum Gasteiger partial charge on any atom is -0.460 e. The minimum atomic E-state index is -0.152. The highest BCUT2D eigenvalue weighted by Gasteiger charge is 2.29. The van der Waals surface area contributed by atoms with Crippen molar-refractivity contribution >= 4 is 5.97 Å². The van der Waals surface area contributed by atoms with Gasteiger partial charge in [-0.25, -0.2) is 0 Å². The minimum absolute atomic E-state index is 0.00269. The highest BCUT2D eigenvalue weighted by molar-refractivity contribution is 5.72. The van der Waals surface area contributed by atoms with Crippen molar-refractivity contribution in [2.75, 3.05) is 6.61 Å². The van der Waals surface area contributed by atoms with Gasteiger partial charge in [0, 0.05) is 6.61 Å². The fourth-order valence-electron chi connectivity index (χ4n) is 3.86. The van der Waals surface area contributed by atoms with Crippen LogP contribution in [0.1, 0.15) is 111 Å². The molecule has 0 N–H and O–H groups in total. The lowest BCUT2D eigenvalue weighted by Gasteiger charge is -2.29. The van der Waals surface area contributed by atoms with Crippen LogP contribution in [-0.2, 0) is 14.3 Å². The topological polar surface area (TPSA) is 35.5 Å². The van der Waals surface area contributed by atoms with E-state index in [9.17, 15) is 4.79 Å². The molecule has 0 amide bonds. The second-order valence-electron chi connectivity index (χ2n) is 8.35. The van der Waals surface area contributed by atoms with E-state index in [0.717, 1.165) is 31.8 Å². The quantitative estimate of drug-likeness (QED) is 0.253. The smallest absolute Gasteiger partial charge is 0.309 e. The average molecular weight is 369 g/mol. The highest BCUT2D eigenvalue weighted by atomic mass is 16.6. The summed E-state index contributed by atoms with van der Waals surface area (Å²) in [5, 5.41) is 0. The van der Waals surface area contributed by atoms with Crippen LogP contribution in [0.3, 0.4) is 0 Å². The van der Waals surface area contributed by atoms with Crippen LogP contribution in [0, 0.1) is 11.8 Å². The molecule has 0 saturated heterocycles. The first-order chi connectivity index (χ1) is 12.6. The molecule has 0 bridgehead atoms. The molecule has 0 radical (unpaired) electrons. The number of carbonyl (C=O) groups is 1. The Morgan fingerprint density at radius 3 is 2.12 bits per heavy atom. The lowest BCUT2D eigenvalue weighted by molar-refractivity contribution is -0.161. The van der Waals surface area contributed by atoms with E-state index in [0.29, 0.717) is 0 Å². The zero-order valence-electron chi connectivity index (χ0n) is 17.9. The fourth-order valence-corrected chi connectivity index (χ4v) is 3.86. The summed E-state index contributed by atoms with van der Waals surface area (Å²) < 4.78 is 11.6. The van der Waals surface area contributed by atoms with Crippen LogP contribution in [0.5, 0.6) is 0 Å². The summed E-state index contributed by atoms with van der Waals surface area (Å²) >= 11 is 0. The van der Waals surface area contributed by atoms with Gasteiger partial charge in [-0.3, -0.25) is 4.79 Å². The third-order valence-electron chi connectivity index (χ3n) is 5.99. The van der Waals surface area contributed by atoms with Crippen molar-refractivity contribution in [1.82, 2.24) is 0 Å². The molecule has 0 heterocycles. The monoisotopic (exact) mass is 368 g/mol. The number of unbranched alkanes of at least 4 members (excludes halogenated alkanes) is 6. The second kappa shape index (κ2) is 14.5. The molecule has 3 nitrogen and oxygen atoms in total. The predicted octanol–water partition coefficient (Wildman–Crippen LogP) is 6.68. The molecule has 1 aliphatic rings. The Labute approximate surface area is 162 Å². The standard InChI is InChI=1S/C23H44O3/c1-5-7-9-10-12-18-25-19(3)20(4)26-23(24)22-16-14-21(15-17-22)13-11-8-6-2/h19-22H,5-18H2,1-4H3. The van der Waals surface area contributed by atoms with E-state index < -0.39 is 0 Å². The summed E-state index contributed by atoms with van der Waals surface area (Å²) in [5.74, 6) is 0.946. The van der Waals surface area contributed by atoms with E-state index >= 15 is 0 Å². The SMILES string of the molecule is CCCCCCCOC(C)C(C)OC(=O)C1CCC(CCCCC)CC1. The maximum atomic E-state index is 12.5. The molecular weight excluding hydrogens is 324 g/mol. The Kier molecular flexibility index (Phi) is 13.1. The third-order valence-corrected chi connectivity index (χ3v) is 5.99. The Hall–Kier alpha value is -0.570. The number of hydrogen-bond donors (Lipinski definition) is 0. The Morgan fingerprint density at radius 1 is 0.846 bits per heavy atom. The Morgan fingerprint density at radius 2 is 1.46 bits per heavy atom. The molecule has 0 aromatic heterocycles. The van der Waals surface area contributed by atoms with Crippen LogP contribution < -0.4 is 0 Å². The van der Waals surface area contributed by atoms with Crippen molar-refractivity contribution in [3.05, 3.63) is 0 Å². The van der Waals surface area contributed by atoms with Crippen LogP contribution in [0.15, 0.2) is 0 Å². The summed E-state index contributed by atoms with van der Waals surface area (Å²) in [6.07, 6.45) is 15.8. The lowest BCUT2D eigenvalue weighted by atomic mass is 9.80. The molecule has 0 aliphatic heterocycles. The van der Waals surface area contributed by atoms with Crippen molar-refractivity contribution in [3.8, 4) is 0 Å². The zero-order valence-corrected chi connectivity index (χ0v) is 17.9. The molecule has 154 valence electrons. The van der Waals surface area contributed by atoms with Crippen LogP contribution in [0.4, 0.5) is 0 Å². The normalized spacial score (nSPS) is 22.8. The highest BCUT2D eigenvalue weighted by Crippen LogP contribution is 2.33. The molecule has 1 saturated carbocycles. The van der Waals surface area contributed by atoms with Gasteiger partial charge in [0.15, 0.2) is 0 Å². The maximum absolute atomic E-state index is 12.5. The van der Waals surface area contributed by atoms with Gasteiger partial charge in [0.05, 0.1) is 12.0 Å². The molecule has 2 atom stereocenters. The summed E-state index contributed by atoms with van der Waals surface area (Å²) in [6, 6.07) is 0. The van der Waals surface area contributed by atoms with Gasteiger partial charge in [0.25, 0.3) is 0 Å². The molecule has 0 aromatic rings. The van der Waals surface area contributed by atoms with Crippen molar-refractivity contribution in [1.29, 1.82) is 0 Å². The van der Waals surface area contributed by atoms with Gasteiger partial charge in [-0.15, -0.1) is 0 Å². The molecule has 0 spiro atoms. The van der Waals surface area contributed by atoms with Crippen LogP contribution in [-0.4, -0.2) is 24.8 Å². The van der Waals surface area contributed by atoms with Crippen LogP contribution in [0.25, 0.3) is 0 Å². The molecule has 26 heavy (non-hydrogen) atoms. The fraction of sp³-hybridized carbons (Fsp3) is 0.957. The number of esters is 1. The Balaban J connectivity index is 2.15. The van der Waals surface area contributed by atoms with Crippen molar-refractivity contribution < 1.29 is 14.3 Å². The van der Waals surface area contributed by atoms with E-state index in [4.69, 9.17) is 9.47 Å². The predicted molar refractivity (Wildman–Crippen MR) is 109 cm³/mol. The lowest BCUT2D eigenvalue weighted by Crippen LogP contribution is -2.33. The average Bonchev–Trinajstić information content (AvgIpc) is 2.65. The van der Waals surface area contributed by atoms with Crippen LogP contribution >= 0.6 is 0 Å². The molecular formula is C23H44O3. The Bertz CT molecular complexity index is 347. The van der Waals surface area contributed by atoms with Gasteiger partial charge in [0.2, 0.25) is 0 Å². The summed E-state index contributed by atoms with van der Waals surface area (Å²) in [4.78, 5) is 12.5. The largest absolute Gasteiger partial charge is 0.460 e. The van der Waals surface area contributed by atoms with Crippen molar-refractivity contribution in [2.45, 2.75) is 123 Å². The van der Waals surface area contributed by atoms with Gasteiger partial charge in [-0.2, -0.15) is 0 Å². The number of ether oxygens (including phenoxy) is 2. The number of rotatable bonds is 14. The van der Waals surface area contributed by atoms with E-state index in [1.165, 1.54) is 64.2 Å². The number of hydrogen-bond acceptors (Lipinski definition) is 3. The molecule has 3 heteroatoms. The number of carbonyl (C=O) groups excluding carboxylic acids is 1. The summed E-state index contributed by atoms with van der Waals surface area (Å²) in [6.45, 7) is 9.25. The van der Waals surface area contributed by atoms with E-state index in [1.54, 1.807) is 0 Å². The van der Waals surface area contributed by atoms with Gasteiger partial charge in [-0.05, 0) is 51.9 Å². The first-order valence-electron chi connectivity index (χ1n) is 11.4. The first kappa shape index (κ1) is 23.5. The molecule has 0 aromatic carbocycles. The van der Waals surface area contributed by atoms with E-state index in [1.807, 2.05) is 13.8 Å². The van der Waals surface area contributed by atoms with E-state index in [-0.39, 0.29) is 24.1 Å². The van der Waals surface area contributed by atoms with Gasteiger partial charge < -0.3 is 9.47 Å². The molecule has 1 rings (SSSR count). The van der Waals surface area contributed by atoms with Crippen LogP contribution in [0.2, 0.25) is 0 Å². The molecule has 1 aliphatic carbocycles. The van der Waals surface area contributed by atoms with Crippen molar-refractivity contribution in [3.63, 3.8) is 0 Å². The molecule has 1 fully saturated rings. The van der Waals surface area contributed by atoms with Crippen molar-refractivity contribution in [2.24, 2.45) is 11.8 Å². The van der Waals surface area contributed by atoms with Gasteiger partial charge in [0.1, 0.15) is 6.10 Å². The van der Waals surface area contributed by atoms with E-state index in [2.05, 4.69) is 13.8 Å². The maximum Gasteiger partial charge on any atom is 0.309 e. The first-order valence-corrected chi connectivity index (χ1v) is 11.4. The van der Waals surface area contributed by atoms with Gasteiger partial charge >= 0.3 is 5.97 Å². The zero-order chi connectivity index (χ0) is 19.2.